The van der Waals surface area contributed by atoms with Crippen LogP contribution in [0, 0.1) is 23.7 Å². The van der Waals surface area contributed by atoms with Crippen LogP contribution in [-0.2, 0) is 74.9 Å². The maximum Gasteiger partial charge on any atom is 0.407 e. The number of hydrogen-bond acceptors (Lipinski definition) is 22. The number of nitrogens with zero attached hydrogens (tertiary/aromatic N) is 3. The zero-order valence-corrected chi connectivity index (χ0v) is 69.5. The average molecular weight is 1580 g/mol. The molecule has 112 heavy (non-hydrogen) atoms. The Morgan fingerprint density at radius 3 is 1.23 bits per heavy atom. The first-order valence-electron chi connectivity index (χ1n) is 37.8. The number of carbonyl (C=O) groups is 11. The number of primary amides is 1. The van der Waals surface area contributed by atoms with E-state index in [4.69, 9.17) is 49.4 Å². The summed E-state index contributed by atoms with van der Waals surface area (Å²) in [5, 5.41) is 13.4. The van der Waals surface area contributed by atoms with Crippen molar-refractivity contribution in [3.8, 4) is 45.3 Å². The van der Waals surface area contributed by atoms with Gasteiger partial charge in [0.05, 0.1) is 40.5 Å². The summed E-state index contributed by atoms with van der Waals surface area (Å²) in [5.74, 6) is -4.59. The molecule has 0 unspecified atom stereocenters. The van der Waals surface area contributed by atoms with E-state index in [9.17, 15) is 57.5 Å². The Morgan fingerprint density at radius 2 is 0.911 bits per heavy atom. The van der Waals surface area contributed by atoms with Crippen LogP contribution in [0.2, 0.25) is 19.6 Å². The van der Waals surface area contributed by atoms with Gasteiger partial charge in [0, 0.05) is 92.2 Å². The molecule has 9 N–H and O–H groups in total. The van der Waals surface area contributed by atoms with E-state index in [1.165, 1.54) is 31.1 Å². The number of ether oxygens (including phenoxy) is 8. The molecule has 8 amide bonds. The molecule has 0 aromatic heterocycles. The number of esters is 2. The third-order valence-corrected chi connectivity index (χ3v) is 18.2. The van der Waals surface area contributed by atoms with Gasteiger partial charge in [0.1, 0.15) is 71.6 Å². The number of urea groups is 1. The van der Waals surface area contributed by atoms with Gasteiger partial charge in [-0.05, 0) is 164 Å². The largest absolute Gasteiger partial charge is 0.493 e. The molecule has 0 spiro atoms. The molecule has 30 nitrogen and oxygen atoms in total. The molecule has 4 aromatic carbocycles. The second-order valence-corrected chi connectivity index (χ2v) is 35.2. The van der Waals surface area contributed by atoms with Crippen molar-refractivity contribution in [3.63, 3.8) is 0 Å². The van der Waals surface area contributed by atoms with Gasteiger partial charge in [-0.1, -0.05) is 65.8 Å². The van der Waals surface area contributed by atoms with E-state index in [-0.39, 0.29) is 82.5 Å². The van der Waals surface area contributed by atoms with Gasteiger partial charge < -0.3 is 85.7 Å². The topological polar surface area (TPSA) is 410 Å². The number of hydrogen-bond donors (Lipinski definition) is 7. The second kappa shape index (κ2) is 44.6. The number of isocyanates is 1. The molecule has 0 fully saturated rings. The minimum atomic E-state index is -1.46. The Balaban J connectivity index is 0.000000435. The molecule has 31 heteroatoms. The Morgan fingerprint density at radius 1 is 0.554 bits per heavy atom. The summed E-state index contributed by atoms with van der Waals surface area (Å²) in [5.41, 5.74) is 14.2. The number of nitrogens with two attached hydrogens (primary N) is 2. The lowest BCUT2D eigenvalue weighted by molar-refractivity contribution is -0.146. The highest BCUT2D eigenvalue weighted by atomic mass is 28.3. The predicted octanol–water partition coefficient (Wildman–Crippen LogP) is 9.55. The number of benzene rings is 4. The predicted molar refractivity (Wildman–Crippen MR) is 424 cm³/mol. The van der Waals surface area contributed by atoms with Crippen molar-refractivity contribution in [1.29, 1.82) is 0 Å². The van der Waals surface area contributed by atoms with Gasteiger partial charge in [0.15, 0.2) is 19.8 Å². The third kappa shape index (κ3) is 30.4. The Kier molecular flexibility index (Phi) is 37.4. The summed E-state index contributed by atoms with van der Waals surface area (Å²) in [6.07, 6.45) is 2.25. The number of nitrogens with one attached hydrogen (secondary N) is 5. The van der Waals surface area contributed by atoms with Crippen LogP contribution in [0.15, 0.2) is 77.5 Å². The molecule has 0 aliphatic carbocycles. The highest BCUT2D eigenvalue weighted by molar-refractivity contribution is 6.74. The molecule has 6 rings (SSSR count). The van der Waals surface area contributed by atoms with Crippen molar-refractivity contribution < 1.29 is 95.4 Å². The fourth-order valence-corrected chi connectivity index (χ4v) is 12.2. The number of fused-ring (bicyclic) bond motifs is 10. The number of rotatable bonds is 26. The molecule has 8 atom stereocenters. The number of ketones is 2. The normalized spacial score (nSPS) is 17.6. The maximum atomic E-state index is 14.3. The monoisotopic (exact) mass is 1580 g/mol. The third-order valence-electron chi connectivity index (χ3n) is 17.5. The molecular formula is C81H118N10O20Si. The standard InChI is InChI=1S/C39H55N5O10.C38H54N4O9.C4H9NOSi/c1-9-17-52-32-13-11-26-22-28(32)27-20-25(10-12-31(27)53-18-16-42-38(50)54-39(4,5)6)21-29(36(48)51-8)43-34(46)24(3)19-30(45)33(26)44(7)35(47)23(2)14-15-41-37(40)49;1-9-17-49-32-13-11-26-22-28(32)27-20-25(10-12-31(27)50-18-16-40-37(47)51-38(4,5)6)21-29(36(46)48-8)41-34(44)24(3)19-30(43)33(26)42(7)35(45)23(2)14-15-39;1-7(2,3)5-4-6/h10-13,20,22-24,29,33H,9,14-19,21H2,1-8H3,(H,42,50)(H,43,46)(H3,40,41,49);10-13,20,22-24,29,33H,9,14-19,21,39H2,1-8H3,(H,40,47)(H,41,44);1-3H3/t2*23-,24+,29-,33-;/m00./s1. The van der Waals surface area contributed by atoms with Gasteiger partial charge in [0.2, 0.25) is 29.7 Å². The van der Waals surface area contributed by atoms with Crippen molar-refractivity contribution in [3.05, 3.63) is 95.1 Å². The molecular weight excluding hydrogens is 1460 g/mol. The lowest BCUT2D eigenvalue weighted by Gasteiger charge is -2.31. The lowest BCUT2D eigenvalue weighted by Crippen LogP contribution is -2.46. The number of likely N-dealkylation sites (N-methyl/N-ethyl adjacent to an activating group) is 2. The quantitative estimate of drug-likeness (QED) is 0.00767. The molecule has 4 aromatic rings. The van der Waals surface area contributed by atoms with Crippen molar-refractivity contribution in [2.75, 3.05) is 80.9 Å². The summed E-state index contributed by atoms with van der Waals surface area (Å²) in [6.45, 7) is 28.9. The van der Waals surface area contributed by atoms with Crippen LogP contribution in [0.3, 0.4) is 0 Å². The molecule has 0 saturated heterocycles. The zero-order valence-electron chi connectivity index (χ0n) is 68.5. The van der Waals surface area contributed by atoms with Gasteiger partial charge >= 0.3 is 30.2 Å². The molecule has 0 radical (unpaired) electrons. The van der Waals surface area contributed by atoms with Crippen LogP contribution >= 0.6 is 0 Å². The fraction of sp³-hybridized carbons (Fsp3) is 0.556. The minimum absolute atomic E-state index is 0.0655. The average Bonchev–Trinajstić information content (AvgIpc) is 0.784. The smallest absolute Gasteiger partial charge is 0.407 e. The molecule has 0 saturated carbocycles. The van der Waals surface area contributed by atoms with Crippen LogP contribution < -0.4 is 57.0 Å². The summed E-state index contributed by atoms with van der Waals surface area (Å²) in [7, 11) is 4.12. The first-order chi connectivity index (χ1) is 52.6. The van der Waals surface area contributed by atoms with E-state index in [0.717, 1.165) is 6.42 Å². The number of amides is 8. The van der Waals surface area contributed by atoms with Crippen LogP contribution in [0.25, 0.3) is 22.3 Å². The number of carbonyl (C=O) groups excluding carboxylic acids is 12. The molecule has 2 heterocycles. The van der Waals surface area contributed by atoms with Gasteiger partial charge in [-0.15, -0.1) is 0 Å². The number of Topliss-reactive ketones (excluding diaryl/α,β-unsaturated/α-hetero) is 2. The highest BCUT2D eigenvalue weighted by Gasteiger charge is 2.38. The zero-order chi connectivity index (χ0) is 84.0. The molecule has 616 valence electrons. The van der Waals surface area contributed by atoms with Gasteiger partial charge in [0.25, 0.3) is 0 Å². The van der Waals surface area contributed by atoms with Crippen LogP contribution in [-0.4, -0.2) is 194 Å². The fourth-order valence-electron chi connectivity index (χ4n) is 11.9. The number of alkyl carbamates (subject to hydrolysis) is 2. The van der Waals surface area contributed by atoms with Crippen LogP contribution in [0.5, 0.6) is 23.0 Å². The number of methoxy groups -OCH3 is 2. The van der Waals surface area contributed by atoms with E-state index in [1.807, 2.05) is 51.7 Å². The van der Waals surface area contributed by atoms with Crippen molar-refractivity contribution in [1.82, 2.24) is 36.4 Å². The van der Waals surface area contributed by atoms with Crippen molar-refractivity contribution >= 4 is 79.7 Å². The van der Waals surface area contributed by atoms with Crippen molar-refractivity contribution in [2.24, 2.45) is 39.8 Å². The lowest BCUT2D eigenvalue weighted by atomic mass is 9.89. The van der Waals surface area contributed by atoms with E-state index in [0.29, 0.717) is 100 Å². The van der Waals surface area contributed by atoms with Crippen molar-refractivity contribution in [2.45, 2.75) is 189 Å². The van der Waals surface area contributed by atoms with Gasteiger partial charge in [-0.25, -0.2) is 33.4 Å². The summed E-state index contributed by atoms with van der Waals surface area (Å²) < 4.78 is 49.1. The molecule has 2 aliphatic rings. The van der Waals surface area contributed by atoms with Crippen LogP contribution in [0.1, 0.15) is 156 Å². The first-order valence-corrected chi connectivity index (χ1v) is 41.2. The summed E-state index contributed by atoms with van der Waals surface area (Å²) in [4.78, 5) is 157. The van der Waals surface area contributed by atoms with Gasteiger partial charge in [-0.2, -0.15) is 0 Å². The SMILES string of the molecule is CCCOc1ccc2cc1-c1cc(ccc1OCCNC(=O)OC(C)(C)C)C[C@@H](C(=O)OC)NC(=O)[C@H](C)CC(=O)[C@H]2N(C)C(=O)[C@@H](C)CCN.CCCOc1ccc2cc1-c1cc(ccc1OCCNC(=O)OC(C)(C)C)C[C@@H](C(=O)OC)NC(=O)[C@H](C)CC(=O)[C@H]2N(C)C(=O)[C@@H](C)CCNC(N)=O.C[Si](C)(C)N=C=O. The van der Waals surface area contributed by atoms with E-state index >= 15 is 0 Å². The minimum Gasteiger partial charge on any atom is -0.493 e. The Bertz CT molecular complexity index is 3960. The summed E-state index contributed by atoms with van der Waals surface area (Å²) >= 11 is 0. The van der Waals surface area contributed by atoms with E-state index < -0.39 is 115 Å². The molecule has 8 bridgehead atoms. The Labute approximate surface area is 659 Å². The van der Waals surface area contributed by atoms with Gasteiger partial charge in [-0.3, -0.25) is 28.8 Å². The highest BCUT2D eigenvalue weighted by Crippen LogP contribution is 2.43. The second-order valence-electron chi connectivity index (χ2n) is 30.7. The Hall–Kier alpha value is -10.4. The molecule has 2 aliphatic heterocycles. The first kappa shape index (κ1) is 94.0. The maximum absolute atomic E-state index is 14.3. The van der Waals surface area contributed by atoms with Crippen LogP contribution in [0.4, 0.5) is 14.4 Å². The van der Waals surface area contributed by atoms with E-state index in [2.05, 4.69) is 31.2 Å². The summed E-state index contributed by atoms with van der Waals surface area (Å²) in [6, 6.07) is 16.2. The van der Waals surface area contributed by atoms with E-state index in [1.54, 1.807) is 137 Å².